The Morgan fingerprint density at radius 2 is 2.15 bits per heavy atom. The van der Waals surface area contributed by atoms with Crippen molar-refractivity contribution in [3.63, 3.8) is 0 Å². The van der Waals surface area contributed by atoms with Gasteiger partial charge in [0.15, 0.2) is 0 Å². The highest BCUT2D eigenvalue weighted by Crippen LogP contribution is 2.25. The van der Waals surface area contributed by atoms with E-state index in [2.05, 4.69) is 6.92 Å². The molecule has 0 spiro atoms. The van der Waals surface area contributed by atoms with Gasteiger partial charge in [0, 0.05) is 18.4 Å². The third kappa shape index (κ3) is 2.37. The summed E-state index contributed by atoms with van der Waals surface area (Å²) in [5, 5.41) is 0. The molecular weight excluding hydrogens is 185 g/mol. The van der Waals surface area contributed by atoms with Crippen LogP contribution >= 0.6 is 11.9 Å². The van der Waals surface area contributed by atoms with Gasteiger partial charge in [-0.05, 0) is 19.1 Å². The lowest BCUT2D eigenvalue weighted by Crippen LogP contribution is -2.08. The topological polar surface area (TPSA) is 3.24 Å². The molecule has 0 fully saturated rings. The maximum atomic E-state index is 13.1. The van der Waals surface area contributed by atoms with Crippen LogP contribution in [0.4, 0.5) is 10.1 Å². The van der Waals surface area contributed by atoms with E-state index in [4.69, 9.17) is 0 Å². The van der Waals surface area contributed by atoms with Gasteiger partial charge < -0.3 is 4.31 Å². The molecule has 0 saturated heterocycles. The van der Waals surface area contributed by atoms with Gasteiger partial charge in [-0.3, -0.25) is 0 Å². The molecule has 1 aromatic rings. The van der Waals surface area contributed by atoms with E-state index < -0.39 is 0 Å². The number of anilines is 1. The molecule has 0 aliphatic heterocycles. The largest absolute Gasteiger partial charge is 0.319 e. The summed E-state index contributed by atoms with van der Waals surface area (Å²) in [6.45, 7) is 3.88. The Morgan fingerprint density at radius 1 is 1.46 bits per heavy atom. The zero-order chi connectivity index (χ0) is 9.84. The van der Waals surface area contributed by atoms with Crippen LogP contribution in [0.15, 0.2) is 18.2 Å². The molecule has 0 bridgehead atoms. The minimum Gasteiger partial charge on any atom is -0.319 e. The number of rotatable bonds is 3. The fraction of sp³-hybridized carbons (Fsp3) is 0.400. The first-order valence-corrected chi connectivity index (χ1v) is 5.22. The van der Waals surface area contributed by atoms with Gasteiger partial charge in [-0.15, -0.1) is 0 Å². The van der Waals surface area contributed by atoms with E-state index in [1.807, 2.05) is 17.4 Å². The van der Waals surface area contributed by atoms with Crippen molar-refractivity contribution in [2.45, 2.75) is 13.8 Å². The van der Waals surface area contributed by atoms with Crippen LogP contribution < -0.4 is 4.31 Å². The molecular formula is C10H14FNS. The quantitative estimate of drug-likeness (QED) is 0.687. The molecule has 0 heterocycles. The Hall–Kier alpha value is -0.700. The van der Waals surface area contributed by atoms with Gasteiger partial charge >= 0.3 is 0 Å². The van der Waals surface area contributed by atoms with Crippen LogP contribution in [0.5, 0.6) is 0 Å². The molecule has 0 aromatic heterocycles. The average molecular weight is 199 g/mol. The third-order valence-corrected chi connectivity index (χ3v) is 2.74. The lowest BCUT2D eigenvalue weighted by atomic mass is 10.2. The summed E-state index contributed by atoms with van der Waals surface area (Å²) in [7, 11) is 1.95. The van der Waals surface area contributed by atoms with Crippen molar-refractivity contribution < 1.29 is 4.39 Å². The number of hydrogen-bond acceptors (Lipinski definition) is 2. The minimum atomic E-state index is -0.138. The first kappa shape index (κ1) is 10.4. The van der Waals surface area contributed by atoms with Crippen LogP contribution in [0.3, 0.4) is 0 Å². The van der Waals surface area contributed by atoms with E-state index in [1.54, 1.807) is 24.9 Å². The monoisotopic (exact) mass is 199 g/mol. The maximum Gasteiger partial charge on any atom is 0.128 e. The highest BCUT2D eigenvalue weighted by atomic mass is 32.2. The maximum absolute atomic E-state index is 13.1. The molecule has 1 nitrogen and oxygen atoms in total. The Labute approximate surface area is 83.1 Å². The summed E-state index contributed by atoms with van der Waals surface area (Å²) in [6.07, 6.45) is 0. The Balaban J connectivity index is 2.93. The van der Waals surface area contributed by atoms with Gasteiger partial charge in [0.05, 0.1) is 5.69 Å². The summed E-state index contributed by atoms with van der Waals surface area (Å²) in [5.74, 6) is 0.855. The zero-order valence-electron chi connectivity index (χ0n) is 8.17. The van der Waals surface area contributed by atoms with E-state index in [9.17, 15) is 4.39 Å². The van der Waals surface area contributed by atoms with Gasteiger partial charge in [0.25, 0.3) is 0 Å². The predicted molar refractivity (Wildman–Crippen MR) is 57.7 cm³/mol. The molecule has 0 aliphatic carbocycles. The number of halogens is 1. The number of benzene rings is 1. The number of hydrogen-bond donors (Lipinski definition) is 0. The predicted octanol–water partition coefficient (Wildman–Crippen LogP) is 3.24. The van der Waals surface area contributed by atoms with Crippen molar-refractivity contribution >= 4 is 17.6 Å². The molecule has 72 valence electrons. The molecule has 0 radical (unpaired) electrons. The Bertz CT molecular complexity index is 288. The van der Waals surface area contributed by atoms with Crippen LogP contribution in [0.25, 0.3) is 0 Å². The van der Waals surface area contributed by atoms with Crippen molar-refractivity contribution in [3.05, 3.63) is 29.6 Å². The van der Waals surface area contributed by atoms with Gasteiger partial charge in [0.1, 0.15) is 5.82 Å². The molecule has 0 amide bonds. The standard InChI is InChI=1S/C10H14FNS/c1-4-13-12(3)10-7-5-6-9(11)8(10)2/h5-7H,4H2,1-3H3. The van der Waals surface area contributed by atoms with Crippen molar-refractivity contribution in [3.8, 4) is 0 Å². The molecule has 1 aromatic carbocycles. The Morgan fingerprint density at radius 3 is 2.77 bits per heavy atom. The van der Waals surface area contributed by atoms with E-state index in [0.29, 0.717) is 5.56 Å². The fourth-order valence-corrected chi connectivity index (χ4v) is 1.92. The highest BCUT2D eigenvalue weighted by Gasteiger charge is 2.06. The second-order valence-electron chi connectivity index (χ2n) is 2.80. The van der Waals surface area contributed by atoms with E-state index in [-0.39, 0.29) is 5.82 Å². The smallest absolute Gasteiger partial charge is 0.128 e. The average Bonchev–Trinajstić information content (AvgIpc) is 2.10. The van der Waals surface area contributed by atoms with Crippen molar-refractivity contribution in [1.82, 2.24) is 0 Å². The second-order valence-corrected chi connectivity index (χ2v) is 4.18. The molecule has 0 saturated carbocycles. The molecule has 0 N–H and O–H groups in total. The zero-order valence-corrected chi connectivity index (χ0v) is 8.99. The molecule has 0 aliphatic rings. The summed E-state index contributed by atoms with van der Waals surface area (Å²) in [5.41, 5.74) is 1.66. The van der Waals surface area contributed by atoms with E-state index in [1.165, 1.54) is 6.07 Å². The lowest BCUT2D eigenvalue weighted by Gasteiger charge is -2.19. The molecule has 3 heteroatoms. The van der Waals surface area contributed by atoms with E-state index >= 15 is 0 Å². The second kappa shape index (κ2) is 4.51. The van der Waals surface area contributed by atoms with Crippen LogP contribution in [0.1, 0.15) is 12.5 Å². The van der Waals surface area contributed by atoms with Crippen molar-refractivity contribution in [2.24, 2.45) is 0 Å². The third-order valence-electron chi connectivity index (χ3n) is 1.90. The summed E-state index contributed by atoms with van der Waals surface area (Å²) in [6, 6.07) is 5.16. The van der Waals surface area contributed by atoms with Gasteiger partial charge in [-0.2, -0.15) is 0 Å². The van der Waals surface area contributed by atoms with Crippen LogP contribution in [-0.4, -0.2) is 12.8 Å². The molecule has 13 heavy (non-hydrogen) atoms. The van der Waals surface area contributed by atoms with E-state index in [0.717, 1.165) is 11.4 Å². The first-order valence-electron chi connectivity index (χ1n) is 4.28. The minimum absolute atomic E-state index is 0.138. The molecule has 1 rings (SSSR count). The van der Waals surface area contributed by atoms with Crippen molar-refractivity contribution in [2.75, 3.05) is 17.1 Å². The highest BCUT2D eigenvalue weighted by molar-refractivity contribution is 8.00. The molecule has 0 atom stereocenters. The summed E-state index contributed by atoms with van der Waals surface area (Å²) < 4.78 is 15.1. The Kier molecular flexibility index (Phi) is 3.60. The fourth-order valence-electron chi connectivity index (χ4n) is 1.20. The first-order chi connectivity index (χ1) is 6.16. The SMILES string of the molecule is CCSN(C)c1cccc(F)c1C. The summed E-state index contributed by atoms with van der Waals surface area (Å²) in [4.78, 5) is 0. The number of nitrogens with zero attached hydrogens (tertiary/aromatic N) is 1. The summed E-state index contributed by atoms with van der Waals surface area (Å²) >= 11 is 1.67. The van der Waals surface area contributed by atoms with Gasteiger partial charge in [-0.25, -0.2) is 4.39 Å². The van der Waals surface area contributed by atoms with Crippen LogP contribution in [0, 0.1) is 12.7 Å². The molecule has 0 unspecified atom stereocenters. The van der Waals surface area contributed by atoms with Crippen LogP contribution in [-0.2, 0) is 0 Å². The van der Waals surface area contributed by atoms with Gasteiger partial charge in [-0.1, -0.05) is 24.9 Å². The van der Waals surface area contributed by atoms with Gasteiger partial charge in [0.2, 0.25) is 0 Å². The lowest BCUT2D eigenvalue weighted by molar-refractivity contribution is 0.619. The normalized spacial score (nSPS) is 10.2. The van der Waals surface area contributed by atoms with Crippen molar-refractivity contribution in [1.29, 1.82) is 0 Å². The van der Waals surface area contributed by atoms with Crippen LogP contribution in [0.2, 0.25) is 0 Å².